The van der Waals surface area contributed by atoms with Crippen molar-refractivity contribution in [1.82, 2.24) is 0 Å². The van der Waals surface area contributed by atoms with Gasteiger partial charge in [-0.3, -0.25) is 0 Å². The van der Waals surface area contributed by atoms with Crippen molar-refractivity contribution in [1.29, 1.82) is 0 Å². The van der Waals surface area contributed by atoms with Gasteiger partial charge >= 0.3 is 0 Å². The van der Waals surface area contributed by atoms with E-state index in [2.05, 4.69) is 11.8 Å². The van der Waals surface area contributed by atoms with Crippen molar-refractivity contribution >= 4 is 5.69 Å². The topological polar surface area (TPSA) is 29.3 Å². The molecule has 1 heterocycles. The molecule has 1 saturated heterocycles. The third kappa shape index (κ3) is 3.27. The van der Waals surface area contributed by atoms with Gasteiger partial charge in [-0.05, 0) is 50.3 Å². The number of rotatable bonds is 5. The number of halogens is 1. The first kappa shape index (κ1) is 14.3. The van der Waals surface area contributed by atoms with Crippen molar-refractivity contribution in [2.24, 2.45) is 5.73 Å². The second-order valence-corrected chi connectivity index (χ2v) is 5.42. The molecule has 0 aliphatic carbocycles. The van der Waals surface area contributed by atoms with Crippen molar-refractivity contribution in [2.75, 3.05) is 18.0 Å². The minimum atomic E-state index is -0.0889. The van der Waals surface area contributed by atoms with Crippen molar-refractivity contribution in [2.45, 2.75) is 51.5 Å². The van der Waals surface area contributed by atoms with E-state index in [1.807, 2.05) is 6.07 Å². The van der Waals surface area contributed by atoms with Gasteiger partial charge in [0.05, 0.1) is 5.69 Å². The smallest absolute Gasteiger partial charge is 0.146 e. The average molecular weight is 264 g/mol. The molecule has 0 aromatic heterocycles. The number of anilines is 1. The van der Waals surface area contributed by atoms with E-state index in [1.165, 1.54) is 12.8 Å². The van der Waals surface area contributed by atoms with Gasteiger partial charge in [0.25, 0.3) is 0 Å². The van der Waals surface area contributed by atoms with Gasteiger partial charge in [-0.25, -0.2) is 4.39 Å². The fourth-order valence-electron chi connectivity index (χ4n) is 3.17. The minimum Gasteiger partial charge on any atom is -0.366 e. The van der Waals surface area contributed by atoms with Crippen LogP contribution in [0.4, 0.5) is 10.1 Å². The van der Waals surface area contributed by atoms with Crippen LogP contribution in [-0.4, -0.2) is 19.1 Å². The minimum absolute atomic E-state index is 0.0889. The summed E-state index contributed by atoms with van der Waals surface area (Å²) in [4.78, 5) is 2.30. The standard InChI is InChI=1S/C16H25FN2/c1-2-6-14-8-3-4-12-19(14)16-13(10-11-18)7-5-9-15(16)17/h5,7,9,14H,2-4,6,8,10-12,18H2,1H3. The molecule has 0 radical (unpaired) electrons. The molecule has 2 nitrogen and oxygen atoms in total. The molecular formula is C16H25FN2. The first-order valence-electron chi connectivity index (χ1n) is 7.52. The summed E-state index contributed by atoms with van der Waals surface area (Å²) in [5, 5.41) is 0. The number of nitrogens with zero attached hydrogens (tertiary/aromatic N) is 1. The Morgan fingerprint density at radius 3 is 2.95 bits per heavy atom. The fraction of sp³-hybridized carbons (Fsp3) is 0.625. The monoisotopic (exact) mass is 264 g/mol. The summed E-state index contributed by atoms with van der Waals surface area (Å²) in [5.41, 5.74) is 7.53. The third-order valence-corrected chi connectivity index (χ3v) is 4.02. The molecule has 0 saturated carbocycles. The lowest BCUT2D eigenvalue weighted by Crippen LogP contribution is -2.40. The van der Waals surface area contributed by atoms with E-state index in [9.17, 15) is 4.39 Å². The van der Waals surface area contributed by atoms with Crippen LogP contribution in [0.3, 0.4) is 0 Å². The SMILES string of the molecule is CCCC1CCCCN1c1c(F)cccc1CCN. The Bertz CT molecular complexity index is 404. The van der Waals surface area contributed by atoms with E-state index >= 15 is 0 Å². The van der Waals surface area contributed by atoms with Gasteiger partial charge in [0.2, 0.25) is 0 Å². The Morgan fingerprint density at radius 2 is 2.21 bits per heavy atom. The molecule has 0 bridgehead atoms. The van der Waals surface area contributed by atoms with Crippen LogP contribution < -0.4 is 10.6 Å². The average Bonchev–Trinajstić information content (AvgIpc) is 2.41. The summed E-state index contributed by atoms with van der Waals surface area (Å²) in [6, 6.07) is 5.88. The Balaban J connectivity index is 2.31. The van der Waals surface area contributed by atoms with Gasteiger partial charge in [0, 0.05) is 12.6 Å². The second kappa shape index (κ2) is 6.90. The largest absolute Gasteiger partial charge is 0.366 e. The molecule has 0 spiro atoms. The van der Waals surface area contributed by atoms with Gasteiger partial charge in [-0.1, -0.05) is 25.5 Å². The van der Waals surface area contributed by atoms with E-state index in [1.54, 1.807) is 12.1 Å². The first-order chi connectivity index (χ1) is 9.27. The van der Waals surface area contributed by atoms with E-state index in [-0.39, 0.29) is 5.82 Å². The van der Waals surface area contributed by atoms with Crippen LogP contribution in [0.15, 0.2) is 18.2 Å². The highest BCUT2D eigenvalue weighted by atomic mass is 19.1. The highest BCUT2D eigenvalue weighted by molar-refractivity contribution is 5.56. The molecular weight excluding hydrogens is 239 g/mol. The van der Waals surface area contributed by atoms with Crippen LogP contribution in [0.25, 0.3) is 0 Å². The predicted molar refractivity (Wildman–Crippen MR) is 79.1 cm³/mol. The van der Waals surface area contributed by atoms with Crippen LogP contribution in [0.1, 0.15) is 44.6 Å². The zero-order valence-electron chi connectivity index (χ0n) is 11.9. The van der Waals surface area contributed by atoms with E-state index in [4.69, 9.17) is 5.73 Å². The Morgan fingerprint density at radius 1 is 1.37 bits per heavy atom. The zero-order valence-corrected chi connectivity index (χ0v) is 11.9. The second-order valence-electron chi connectivity index (χ2n) is 5.42. The summed E-state index contributed by atoms with van der Waals surface area (Å²) in [6.45, 7) is 3.75. The van der Waals surface area contributed by atoms with Gasteiger partial charge in [-0.15, -0.1) is 0 Å². The number of benzene rings is 1. The quantitative estimate of drug-likeness (QED) is 0.882. The van der Waals surface area contributed by atoms with Crippen LogP contribution in [0, 0.1) is 5.82 Å². The van der Waals surface area contributed by atoms with Crippen molar-refractivity contribution in [3.63, 3.8) is 0 Å². The van der Waals surface area contributed by atoms with Crippen molar-refractivity contribution < 1.29 is 4.39 Å². The highest BCUT2D eigenvalue weighted by Crippen LogP contribution is 2.32. The van der Waals surface area contributed by atoms with E-state index < -0.39 is 0 Å². The molecule has 2 N–H and O–H groups in total. The van der Waals surface area contributed by atoms with Crippen LogP contribution in [-0.2, 0) is 6.42 Å². The molecule has 3 heteroatoms. The lowest BCUT2D eigenvalue weighted by atomic mass is 9.95. The maximum atomic E-state index is 14.3. The van der Waals surface area contributed by atoms with Crippen molar-refractivity contribution in [3.05, 3.63) is 29.6 Å². The Hall–Kier alpha value is -1.09. The molecule has 1 aliphatic heterocycles. The Kier molecular flexibility index (Phi) is 5.20. The number of nitrogens with two attached hydrogens (primary N) is 1. The zero-order chi connectivity index (χ0) is 13.7. The molecule has 1 aromatic carbocycles. The molecule has 1 atom stereocenters. The van der Waals surface area contributed by atoms with Gasteiger partial charge in [0.15, 0.2) is 0 Å². The third-order valence-electron chi connectivity index (χ3n) is 4.02. The summed E-state index contributed by atoms with van der Waals surface area (Å²) in [6.07, 6.45) is 6.67. The van der Waals surface area contributed by atoms with Crippen molar-refractivity contribution in [3.8, 4) is 0 Å². The molecule has 1 aliphatic rings. The number of para-hydroxylation sites is 1. The molecule has 1 aromatic rings. The predicted octanol–water partition coefficient (Wildman–Crippen LogP) is 3.49. The van der Waals surface area contributed by atoms with Gasteiger partial charge in [0.1, 0.15) is 5.82 Å². The summed E-state index contributed by atoms with van der Waals surface area (Å²) in [5.74, 6) is -0.0889. The van der Waals surface area contributed by atoms with E-state index in [0.29, 0.717) is 12.6 Å². The maximum Gasteiger partial charge on any atom is 0.146 e. The van der Waals surface area contributed by atoms with Crippen LogP contribution >= 0.6 is 0 Å². The maximum absolute atomic E-state index is 14.3. The molecule has 1 fully saturated rings. The lowest BCUT2D eigenvalue weighted by molar-refractivity contribution is 0.428. The molecule has 106 valence electrons. The fourth-order valence-corrected chi connectivity index (χ4v) is 3.17. The first-order valence-corrected chi connectivity index (χ1v) is 7.52. The Labute approximate surface area is 115 Å². The van der Waals surface area contributed by atoms with E-state index in [0.717, 1.165) is 43.5 Å². The van der Waals surface area contributed by atoms with Gasteiger partial charge in [-0.2, -0.15) is 0 Å². The molecule has 2 rings (SSSR count). The summed E-state index contributed by atoms with van der Waals surface area (Å²) < 4.78 is 14.3. The molecule has 0 amide bonds. The van der Waals surface area contributed by atoms with Gasteiger partial charge < -0.3 is 10.6 Å². The van der Waals surface area contributed by atoms with Crippen LogP contribution in [0.5, 0.6) is 0 Å². The summed E-state index contributed by atoms with van der Waals surface area (Å²) in [7, 11) is 0. The van der Waals surface area contributed by atoms with Crippen LogP contribution in [0.2, 0.25) is 0 Å². The highest BCUT2D eigenvalue weighted by Gasteiger charge is 2.25. The normalized spacial score (nSPS) is 19.7. The number of hydrogen-bond donors (Lipinski definition) is 1. The summed E-state index contributed by atoms with van der Waals surface area (Å²) >= 11 is 0. The molecule has 1 unspecified atom stereocenters. The number of hydrogen-bond acceptors (Lipinski definition) is 2. The lowest BCUT2D eigenvalue weighted by Gasteiger charge is -2.39. The molecule has 19 heavy (non-hydrogen) atoms. The number of piperidine rings is 1.